The van der Waals surface area contributed by atoms with Crippen LogP contribution >= 0.6 is 11.3 Å². The van der Waals surface area contributed by atoms with Gasteiger partial charge in [0.2, 0.25) is 10.0 Å². The molecule has 1 saturated carbocycles. The van der Waals surface area contributed by atoms with Crippen LogP contribution in [0.3, 0.4) is 0 Å². The summed E-state index contributed by atoms with van der Waals surface area (Å²) < 4.78 is 27.6. The summed E-state index contributed by atoms with van der Waals surface area (Å²) in [7, 11) is -1.61. The normalized spacial score (nSPS) is 20.3. The van der Waals surface area contributed by atoms with E-state index in [4.69, 9.17) is 0 Å². The van der Waals surface area contributed by atoms with Crippen LogP contribution in [0.1, 0.15) is 47.0 Å². The Kier molecular flexibility index (Phi) is 6.57. The number of benzene rings is 1. The summed E-state index contributed by atoms with van der Waals surface area (Å²) in [6, 6.07) is 10.5. The molecule has 1 saturated heterocycles. The lowest BCUT2D eigenvalue weighted by Crippen LogP contribution is -2.47. The van der Waals surface area contributed by atoms with Crippen molar-refractivity contribution >= 4 is 27.3 Å². The molecule has 1 aliphatic heterocycles. The number of nitrogens with one attached hydrogen (secondary N) is 1. The number of piperazine rings is 1. The number of rotatable bonds is 6. The molecule has 2 aromatic rings. The third kappa shape index (κ3) is 4.61. The third-order valence-electron chi connectivity index (χ3n) is 6.20. The first kappa shape index (κ1) is 21.5. The lowest BCUT2D eigenvalue weighted by molar-refractivity contribution is 0.0922. The highest BCUT2D eigenvalue weighted by molar-refractivity contribution is 7.89. The van der Waals surface area contributed by atoms with Gasteiger partial charge in [-0.2, -0.15) is 4.31 Å². The highest BCUT2D eigenvalue weighted by Crippen LogP contribution is 2.37. The second-order valence-corrected chi connectivity index (χ2v) is 11.2. The summed E-state index contributed by atoms with van der Waals surface area (Å²) in [4.78, 5) is 16.6. The number of thiophene rings is 1. The van der Waals surface area contributed by atoms with Crippen molar-refractivity contribution in [1.82, 2.24) is 14.5 Å². The molecule has 1 unspecified atom stereocenters. The van der Waals surface area contributed by atoms with E-state index >= 15 is 0 Å². The molecule has 1 aromatic heterocycles. The topological polar surface area (TPSA) is 69.7 Å². The quantitative estimate of drug-likeness (QED) is 0.737. The number of likely N-dealkylation sites (N-methyl/N-ethyl adjacent to an activating group) is 1. The molecule has 2 heterocycles. The number of hydrogen-bond acceptors (Lipinski definition) is 5. The van der Waals surface area contributed by atoms with Gasteiger partial charge in [0.05, 0.1) is 10.9 Å². The molecule has 6 nitrogen and oxygen atoms in total. The van der Waals surface area contributed by atoms with Crippen molar-refractivity contribution in [3.05, 3.63) is 52.2 Å². The summed E-state index contributed by atoms with van der Waals surface area (Å²) >= 11 is 1.66. The summed E-state index contributed by atoms with van der Waals surface area (Å²) in [6.07, 6.45) is 4.61. The number of carbonyl (C=O) groups is 1. The minimum absolute atomic E-state index is 0.0158. The fourth-order valence-electron chi connectivity index (χ4n) is 4.38. The Morgan fingerprint density at radius 3 is 2.50 bits per heavy atom. The zero-order valence-electron chi connectivity index (χ0n) is 17.3. The molecule has 1 aliphatic carbocycles. The van der Waals surface area contributed by atoms with Crippen molar-refractivity contribution in [2.45, 2.75) is 36.6 Å². The van der Waals surface area contributed by atoms with Crippen molar-refractivity contribution in [2.75, 3.05) is 33.2 Å². The monoisotopic (exact) mass is 447 g/mol. The molecule has 1 aromatic carbocycles. The van der Waals surface area contributed by atoms with Gasteiger partial charge >= 0.3 is 0 Å². The van der Waals surface area contributed by atoms with E-state index in [0.717, 1.165) is 17.7 Å². The van der Waals surface area contributed by atoms with E-state index in [0.29, 0.717) is 37.7 Å². The smallest absolute Gasteiger partial charge is 0.251 e. The molecule has 1 atom stereocenters. The molecular weight excluding hydrogens is 418 g/mol. The van der Waals surface area contributed by atoms with E-state index in [1.807, 2.05) is 18.5 Å². The van der Waals surface area contributed by atoms with Crippen LogP contribution in [0, 0.1) is 5.92 Å². The Bertz CT molecular complexity index is 961. The fraction of sp³-hybridized carbons (Fsp3) is 0.500. The zero-order valence-corrected chi connectivity index (χ0v) is 18.9. The van der Waals surface area contributed by atoms with Crippen LogP contribution < -0.4 is 5.32 Å². The van der Waals surface area contributed by atoms with Gasteiger partial charge in [0.15, 0.2) is 0 Å². The third-order valence-corrected chi connectivity index (χ3v) is 9.05. The standard InChI is InChI=1S/C22H29N3O3S2/c1-24-11-13-25(14-12-24)30(27,28)19-9-4-8-18(16-19)22(26)23-21(17-6-2-3-7-17)20-10-5-15-29-20/h4-5,8-10,15-17,21H,2-3,6-7,11-14H2,1H3,(H,23,26). The minimum atomic E-state index is -3.60. The second-order valence-electron chi connectivity index (χ2n) is 8.25. The highest BCUT2D eigenvalue weighted by Gasteiger charge is 2.30. The van der Waals surface area contributed by atoms with Crippen molar-refractivity contribution < 1.29 is 13.2 Å². The maximum Gasteiger partial charge on any atom is 0.251 e. The van der Waals surface area contributed by atoms with Gasteiger partial charge in [-0.1, -0.05) is 25.0 Å². The summed E-state index contributed by atoms with van der Waals surface area (Å²) in [5.41, 5.74) is 0.393. The first-order valence-corrected chi connectivity index (χ1v) is 12.9. The maximum absolute atomic E-state index is 13.1. The predicted octanol–water partition coefficient (Wildman–Crippen LogP) is 3.35. The summed E-state index contributed by atoms with van der Waals surface area (Å²) in [5.74, 6) is 0.223. The van der Waals surface area contributed by atoms with Crippen LogP contribution in [0.25, 0.3) is 0 Å². The van der Waals surface area contributed by atoms with Gasteiger partial charge in [0.25, 0.3) is 5.91 Å². The van der Waals surface area contributed by atoms with Crippen LogP contribution in [0.5, 0.6) is 0 Å². The van der Waals surface area contributed by atoms with Gasteiger partial charge in [0, 0.05) is 36.6 Å². The van der Waals surface area contributed by atoms with Crippen molar-refractivity contribution in [2.24, 2.45) is 5.92 Å². The first-order valence-electron chi connectivity index (χ1n) is 10.6. The average Bonchev–Trinajstić information content (AvgIpc) is 3.47. The van der Waals surface area contributed by atoms with E-state index in [-0.39, 0.29) is 16.8 Å². The molecule has 2 fully saturated rings. The van der Waals surface area contributed by atoms with Gasteiger partial charge < -0.3 is 10.2 Å². The Balaban J connectivity index is 1.53. The number of hydrogen-bond donors (Lipinski definition) is 1. The Morgan fingerprint density at radius 1 is 1.10 bits per heavy atom. The van der Waals surface area contributed by atoms with Crippen LogP contribution in [-0.2, 0) is 10.0 Å². The lowest BCUT2D eigenvalue weighted by atomic mass is 9.96. The van der Waals surface area contributed by atoms with Crippen molar-refractivity contribution in [3.63, 3.8) is 0 Å². The average molecular weight is 448 g/mol. The molecule has 0 bridgehead atoms. The zero-order chi connectivity index (χ0) is 21.1. The lowest BCUT2D eigenvalue weighted by Gasteiger charge is -2.31. The first-order chi connectivity index (χ1) is 14.4. The highest BCUT2D eigenvalue weighted by atomic mass is 32.2. The second kappa shape index (κ2) is 9.18. The molecule has 1 N–H and O–H groups in total. The van der Waals surface area contributed by atoms with E-state index in [1.54, 1.807) is 29.5 Å². The molecule has 30 heavy (non-hydrogen) atoms. The Morgan fingerprint density at radius 2 is 1.83 bits per heavy atom. The molecule has 1 amide bonds. The summed E-state index contributed by atoms with van der Waals surface area (Å²) in [5, 5.41) is 5.23. The van der Waals surface area contributed by atoms with E-state index in [2.05, 4.69) is 16.3 Å². The molecule has 0 spiro atoms. The predicted molar refractivity (Wildman–Crippen MR) is 119 cm³/mol. The Labute approximate surface area is 182 Å². The van der Waals surface area contributed by atoms with E-state index in [9.17, 15) is 13.2 Å². The SMILES string of the molecule is CN1CCN(S(=O)(=O)c2cccc(C(=O)NC(c3cccs3)C3CCCC3)c2)CC1. The van der Waals surface area contributed by atoms with E-state index in [1.165, 1.54) is 23.2 Å². The van der Waals surface area contributed by atoms with Crippen molar-refractivity contribution in [1.29, 1.82) is 0 Å². The van der Waals surface area contributed by atoms with Gasteiger partial charge in [-0.05, 0) is 55.5 Å². The van der Waals surface area contributed by atoms with Crippen molar-refractivity contribution in [3.8, 4) is 0 Å². The number of nitrogens with zero attached hydrogens (tertiary/aromatic N) is 2. The molecule has 0 radical (unpaired) electrons. The number of carbonyl (C=O) groups excluding carboxylic acids is 1. The number of amides is 1. The van der Waals surface area contributed by atoms with Gasteiger partial charge in [0.1, 0.15) is 0 Å². The molecular formula is C22H29N3O3S2. The molecule has 8 heteroatoms. The number of sulfonamides is 1. The van der Waals surface area contributed by atoms with Gasteiger partial charge in [-0.3, -0.25) is 4.79 Å². The van der Waals surface area contributed by atoms with Gasteiger partial charge in [-0.25, -0.2) is 8.42 Å². The molecule has 2 aliphatic rings. The van der Waals surface area contributed by atoms with Crippen LogP contribution in [-0.4, -0.2) is 56.8 Å². The molecule has 4 rings (SSSR count). The van der Waals surface area contributed by atoms with Crippen LogP contribution in [0.2, 0.25) is 0 Å². The summed E-state index contributed by atoms with van der Waals surface area (Å²) in [6.45, 7) is 2.36. The minimum Gasteiger partial charge on any atom is -0.344 e. The molecule has 162 valence electrons. The van der Waals surface area contributed by atoms with Crippen LogP contribution in [0.4, 0.5) is 0 Å². The van der Waals surface area contributed by atoms with Crippen LogP contribution in [0.15, 0.2) is 46.7 Å². The van der Waals surface area contributed by atoms with E-state index < -0.39 is 10.0 Å². The largest absolute Gasteiger partial charge is 0.344 e. The maximum atomic E-state index is 13.1. The Hall–Kier alpha value is -1.74. The van der Waals surface area contributed by atoms with Gasteiger partial charge in [-0.15, -0.1) is 11.3 Å². The fourth-order valence-corrected chi connectivity index (χ4v) is 6.72.